The molecule has 1 saturated carbocycles. The second-order valence-electron chi connectivity index (χ2n) is 10.6. The van der Waals surface area contributed by atoms with E-state index in [2.05, 4.69) is 16.0 Å². The van der Waals surface area contributed by atoms with Crippen LogP contribution in [0.3, 0.4) is 0 Å². The molecule has 212 valence electrons. The molecule has 0 spiro atoms. The number of hydrogen-bond acceptors (Lipinski definition) is 6. The minimum Gasteiger partial charge on any atom is -0.394 e. The van der Waals surface area contributed by atoms with Crippen LogP contribution in [0.25, 0.3) is 0 Å². The Morgan fingerprint density at radius 1 is 1.05 bits per heavy atom. The van der Waals surface area contributed by atoms with Gasteiger partial charge in [0.05, 0.1) is 12.6 Å². The number of carbonyl (C=O) groups excluding carboxylic acids is 3. The minimum atomic E-state index is -0.882. The third-order valence-electron chi connectivity index (χ3n) is 7.30. The standard InChI is InChI=1S/C29H42N6O4/c1-19(37)32-25(16-20-10-12-23(13-11-20)27(30)31)28(38)34-26(22-8-4-3-5-9-22)29(39)33-24(18-36)15-21-7-6-14-35(2)17-21/h6-7,10-14,22,24-26,36H,3-5,8-9,15-18H2,1-2H3,(H3,30,31)(H,32,37)(H,33,39)(H,34,38)/t24-,25-,26-/m0/s1. The average molecular weight is 539 g/mol. The van der Waals surface area contributed by atoms with E-state index in [1.54, 1.807) is 24.3 Å². The predicted molar refractivity (Wildman–Crippen MR) is 151 cm³/mol. The monoisotopic (exact) mass is 538 g/mol. The Balaban J connectivity index is 1.74. The lowest BCUT2D eigenvalue weighted by Crippen LogP contribution is -2.58. The number of nitrogens with one attached hydrogen (secondary N) is 4. The zero-order valence-electron chi connectivity index (χ0n) is 22.9. The Hall–Kier alpha value is -3.66. The largest absolute Gasteiger partial charge is 0.394 e. The van der Waals surface area contributed by atoms with Crippen LogP contribution in [0.2, 0.25) is 0 Å². The summed E-state index contributed by atoms with van der Waals surface area (Å²) in [5.41, 5.74) is 7.99. The van der Waals surface area contributed by atoms with E-state index in [1.165, 1.54) is 6.92 Å². The molecule has 10 heteroatoms. The summed E-state index contributed by atoms with van der Waals surface area (Å²) >= 11 is 0. The molecule has 1 fully saturated rings. The summed E-state index contributed by atoms with van der Waals surface area (Å²) in [6.45, 7) is 1.85. The van der Waals surface area contributed by atoms with E-state index >= 15 is 0 Å². The number of rotatable bonds is 12. The number of amides is 3. The van der Waals surface area contributed by atoms with Gasteiger partial charge in [0.2, 0.25) is 17.7 Å². The summed E-state index contributed by atoms with van der Waals surface area (Å²) in [6.07, 6.45) is 11.3. The van der Waals surface area contributed by atoms with Gasteiger partial charge in [-0.3, -0.25) is 19.8 Å². The van der Waals surface area contributed by atoms with Crippen LogP contribution in [0.4, 0.5) is 0 Å². The molecule has 2 aliphatic rings. The minimum absolute atomic E-state index is 0.0298. The van der Waals surface area contributed by atoms with E-state index in [0.29, 0.717) is 12.0 Å². The Kier molecular flexibility index (Phi) is 11.1. The summed E-state index contributed by atoms with van der Waals surface area (Å²) < 4.78 is 0. The molecule has 1 heterocycles. The zero-order valence-corrected chi connectivity index (χ0v) is 22.9. The highest BCUT2D eigenvalue weighted by molar-refractivity contribution is 5.95. The maximum absolute atomic E-state index is 13.6. The van der Waals surface area contributed by atoms with Crippen molar-refractivity contribution in [3.8, 4) is 0 Å². The quantitative estimate of drug-likeness (QED) is 0.174. The fourth-order valence-corrected chi connectivity index (χ4v) is 5.28. The Bertz CT molecular complexity index is 1080. The number of aliphatic hydroxyl groups is 1. The highest BCUT2D eigenvalue weighted by atomic mass is 16.3. The van der Waals surface area contributed by atoms with Crippen LogP contribution in [0, 0.1) is 11.3 Å². The molecular weight excluding hydrogens is 496 g/mol. The fourth-order valence-electron chi connectivity index (χ4n) is 5.28. The molecule has 0 bridgehead atoms. The fraction of sp³-hybridized carbons (Fsp3) is 0.517. The smallest absolute Gasteiger partial charge is 0.243 e. The molecule has 7 N–H and O–H groups in total. The molecule has 0 radical (unpaired) electrons. The van der Waals surface area contributed by atoms with Gasteiger partial charge in [-0.15, -0.1) is 0 Å². The Morgan fingerprint density at radius 2 is 1.74 bits per heavy atom. The highest BCUT2D eigenvalue weighted by Crippen LogP contribution is 2.27. The molecular formula is C29H42N6O4. The summed E-state index contributed by atoms with van der Waals surface area (Å²) in [5, 5.41) is 26.2. The zero-order chi connectivity index (χ0) is 28.4. The van der Waals surface area contributed by atoms with Crippen molar-refractivity contribution in [3.63, 3.8) is 0 Å². The van der Waals surface area contributed by atoms with E-state index < -0.39 is 24.0 Å². The van der Waals surface area contributed by atoms with Crippen LogP contribution >= 0.6 is 0 Å². The summed E-state index contributed by atoms with van der Waals surface area (Å²) in [5.74, 6) is -1.19. The van der Waals surface area contributed by atoms with Gasteiger partial charge >= 0.3 is 0 Å². The second kappa shape index (κ2) is 14.5. The molecule has 39 heavy (non-hydrogen) atoms. The predicted octanol–water partition coefficient (Wildman–Crippen LogP) is 1.34. The molecule has 1 aromatic rings. The normalized spacial score (nSPS) is 17.9. The maximum Gasteiger partial charge on any atom is 0.243 e. The molecule has 3 amide bonds. The van der Waals surface area contributed by atoms with Gasteiger partial charge in [0.1, 0.15) is 17.9 Å². The molecule has 3 rings (SSSR count). The number of amidine groups is 1. The molecule has 10 nitrogen and oxygen atoms in total. The lowest BCUT2D eigenvalue weighted by molar-refractivity contribution is -0.133. The number of carbonyl (C=O) groups is 3. The average Bonchev–Trinajstić information content (AvgIpc) is 2.91. The van der Waals surface area contributed by atoms with Gasteiger partial charge in [-0.2, -0.15) is 0 Å². The van der Waals surface area contributed by atoms with Crippen LogP contribution < -0.4 is 21.7 Å². The van der Waals surface area contributed by atoms with Gasteiger partial charge in [0, 0.05) is 32.5 Å². The number of nitrogen functional groups attached to an aromatic ring is 1. The van der Waals surface area contributed by atoms with E-state index in [0.717, 1.165) is 49.8 Å². The Labute approximate surface area is 230 Å². The molecule has 0 unspecified atom stereocenters. The van der Waals surface area contributed by atoms with Crippen molar-refractivity contribution in [1.82, 2.24) is 20.9 Å². The first-order valence-corrected chi connectivity index (χ1v) is 13.6. The molecule has 0 saturated heterocycles. The number of hydrogen-bond donors (Lipinski definition) is 6. The second-order valence-corrected chi connectivity index (χ2v) is 10.6. The van der Waals surface area contributed by atoms with Crippen molar-refractivity contribution >= 4 is 23.6 Å². The lowest BCUT2D eigenvalue weighted by Gasteiger charge is -2.32. The number of nitrogens with two attached hydrogens (primary N) is 1. The van der Waals surface area contributed by atoms with Crippen molar-refractivity contribution in [3.05, 3.63) is 59.3 Å². The number of nitrogens with zero attached hydrogens (tertiary/aromatic N) is 1. The van der Waals surface area contributed by atoms with Crippen molar-refractivity contribution in [2.24, 2.45) is 11.7 Å². The van der Waals surface area contributed by atoms with Gasteiger partial charge in [-0.05, 0) is 48.6 Å². The van der Waals surface area contributed by atoms with Crippen LogP contribution in [-0.4, -0.2) is 71.9 Å². The Morgan fingerprint density at radius 3 is 2.33 bits per heavy atom. The molecule has 0 aromatic heterocycles. The number of likely N-dealkylation sites (N-methyl/N-ethyl adjacent to an activating group) is 1. The van der Waals surface area contributed by atoms with Crippen LogP contribution in [-0.2, 0) is 20.8 Å². The van der Waals surface area contributed by atoms with E-state index in [1.807, 2.05) is 30.3 Å². The van der Waals surface area contributed by atoms with Gasteiger partial charge in [0.15, 0.2) is 0 Å². The van der Waals surface area contributed by atoms with Crippen molar-refractivity contribution in [1.29, 1.82) is 5.41 Å². The first kappa shape index (κ1) is 29.9. The van der Waals surface area contributed by atoms with E-state index in [9.17, 15) is 19.5 Å². The molecule has 1 aromatic carbocycles. The van der Waals surface area contributed by atoms with Crippen LogP contribution in [0.1, 0.15) is 56.6 Å². The van der Waals surface area contributed by atoms with Gasteiger partial charge in [0.25, 0.3) is 0 Å². The number of allylic oxidation sites excluding steroid dienone is 2. The van der Waals surface area contributed by atoms with Crippen LogP contribution in [0.5, 0.6) is 0 Å². The van der Waals surface area contributed by atoms with Crippen LogP contribution in [0.15, 0.2) is 48.2 Å². The molecule has 1 aliphatic carbocycles. The van der Waals surface area contributed by atoms with Gasteiger partial charge < -0.3 is 31.7 Å². The maximum atomic E-state index is 13.6. The molecule has 3 atom stereocenters. The number of aliphatic hydroxyl groups excluding tert-OH is 1. The highest BCUT2D eigenvalue weighted by Gasteiger charge is 2.34. The van der Waals surface area contributed by atoms with E-state index in [-0.39, 0.29) is 36.6 Å². The first-order chi connectivity index (χ1) is 18.7. The summed E-state index contributed by atoms with van der Waals surface area (Å²) in [4.78, 5) is 41.0. The lowest BCUT2D eigenvalue weighted by atomic mass is 9.83. The third kappa shape index (κ3) is 9.24. The topological polar surface area (TPSA) is 161 Å². The van der Waals surface area contributed by atoms with Gasteiger partial charge in [-0.1, -0.05) is 49.6 Å². The van der Waals surface area contributed by atoms with Crippen molar-refractivity contribution in [2.45, 2.75) is 70.0 Å². The summed E-state index contributed by atoms with van der Waals surface area (Å²) in [7, 11) is 1.97. The number of benzene rings is 1. The van der Waals surface area contributed by atoms with Crippen molar-refractivity contribution in [2.75, 3.05) is 20.2 Å². The molecule has 1 aliphatic heterocycles. The van der Waals surface area contributed by atoms with Gasteiger partial charge in [-0.25, -0.2) is 0 Å². The summed E-state index contributed by atoms with van der Waals surface area (Å²) in [6, 6.07) is 4.80. The SMILES string of the molecule is CC(=O)N[C@@H](Cc1ccc(C(=N)N)cc1)C(=O)N[C@H](C(=O)N[C@H](CO)CC1=CC=CN(C)C1)C1CCCCC1. The third-order valence-corrected chi connectivity index (χ3v) is 7.30. The first-order valence-electron chi connectivity index (χ1n) is 13.6. The van der Waals surface area contributed by atoms with Crippen molar-refractivity contribution < 1.29 is 19.5 Å². The van der Waals surface area contributed by atoms with E-state index in [4.69, 9.17) is 11.1 Å².